The van der Waals surface area contributed by atoms with Crippen molar-refractivity contribution in [2.75, 3.05) is 13.1 Å². The Kier molecular flexibility index (Phi) is 2.17. The Balaban J connectivity index is 1.74. The standard InChI is InChI=1S/C14H15NO3S/c16-11(17)6-15-7-14(3-4-14)9-5-10(8-1-2-8)19-12(9)13(15)18/h5,8H,1-4,6-7H2,(H,16,17). The van der Waals surface area contributed by atoms with Gasteiger partial charge in [-0.3, -0.25) is 9.59 Å². The minimum atomic E-state index is -0.924. The van der Waals surface area contributed by atoms with Gasteiger partial charge in [-0.1, -0.05) is 0 Å². The number of carboxylic acids is 1. The molecular formula is C14H15NO3S. The number of hydrogen-bond acceptors (Lipinski definition) is 3. The Hall–Kier alpha value is -1.36. The van der Waals surface area contributed by atoms with Crippen molar-refractivity contribution < 1.29 is 14.7 Å². The number of carboxylic acid groups (broad SMARTS) is 1. The summed E-state index contributed by atoms with van der Waals surface area (Å²) in [6, 6.07) is 2.24. The molecule has 0 aromatic carbocycles. The first-order valence-electron chi connectivity index (χ1n) is 6.74. The van der Waals surface area contributed by atoms with E-state index in [0.717, 1.165) is 17.7 Å². The zero-order valence-corrected chi connectivity index (χ0v) is 11.3. The smallest absolute Gasteiger partial charge is 0.323 e. The first kappa shape index (κ1) is 11.5. The highest BCUT2D eigenvalue weighted by atomic mass is 32.1. The molecule has 3 aliphatic rings. The van der Waals surface area contributed by atoms with Crippen LogP contribution in [0, 0.1) is 0 Å². The lowest BCUT2D eigenvalue weighted by atomic mass is 9.91. The maximum atomic E-state index is 12.4. The Bertz CT molecular complexity index is 584. The van der Waals surface area contributed by atoms with Crippen molar-refractivity contribution in [1.29, 1.82) is 0 Å². The third-order valence-corrected chi connectivity index (χ3v) is 5.74. The molecule has 1 aromatic heterocycles. The number of amides is 1. The summed E-state index contributed by atoms with van der Waals surface area (Å²) in [6.07, 6.45) is 4.65. The molecule has 2 heterocycles. The van der Waals surface area contributed by atoms with Gasteiger partial charge in [0.1, 0.15) is 6.54 Å². The molecule has 1 aliphatic heterocycles. The molecule has 4 rings (SSSR count). The molecule has 2 saturated carbocycles. The summed E-state index contributed by atoms with van der Waals surface area (Å²) >= 11 is 1.60. The summed E-state index contributed by atoms with van der Waals surface area (Å²) in [5.41, 5.74) is 1.30. The van der Waals surface area contributed by atoms with Crippen LogP contribution in [0.5, 0.6) is 0 Å². The van der Waals surface area contributed by atoms with E-state index in [1.54, 1.807) is 11.3 Å². The van der Waals surface area contributed by atoms with Gasteiger partial charge in [-0.25, -0.2) is 0 Å². The summed E-state index contributed by atoms with van der Waals surface area (Å²) in [6.45, 7) is 0.419. The molecule has 2 fully saturated rings. The predicted molar refractivity (Wildman–Crippen MR) is 70.7 cm³/mol. The highest BCUT2D eigenvalue weighted by Gasteiger charge is 2.53. The third kappa shape index (κ3) is 1.71. The van der Waals surface area contributed by atoms with Gasteiger partial charge in [0, 0.05) is 16.8 Å². The monoisotopic (exact) mass is 277 g/mol. The van der Waals surface area contributed by atoms with E-state index in [9.17, 15) is 9.59 Å². The largest absolute Gasteiger partial charge is 0.480 e. The molecule has 1 N–H and O–H groups in total. The zero-order valence-electron chi connectivity index (χ0n) is 10.5. The average Bonchev–Trinajstić information content (AvgIpc) is 3.27. The van der Waals surface area contributed by atoms with Gasteiger partial charge in [-0.15, -0.1) is 11.3 Å². The highest BCUT2D eigenvalue weighted by Crippen LogP contribution is 2.56. The molecule has 0 unspecified atom stereocenters. The molecule has 0 saturated heterocycles. The van der Waals surface area contributed by atoms with Crippen LogP contribution >= 0.6 is 11.3 Å². The molecule has 19 heavy (non-hydrogen) atoms. The van der Waals surface area contributed by atoms with Gasteiger partial charge in [0.15, 0.2) is 0 Å². The highest BCUT2D eigenvalue weighted by molar-refractivity contribution is 7.14. The zero-order chi connectivity index (χ0) is 13.2. The maximum absolute atomic E-state index is 12.4. The van der Waals surface area contributed by atoms with Gasteiger partial charge >= 0.3 is 5.97 Å². The number of aliphatic carboxylic acids is 1. The van der Waals surface area contributed by atoms with Crippen LogP contribution in [0.25, 0.3) is 0 Å². The molecule has 0 radical (unpaired) electrons. The summed E-state index contributed by atoms with van der Waals surface area (Å²) in [4.78, 5) is 27.0. The fraction of sp³-hybridized carbons (Fsp3) is 0.571. The topological polar surface area (TPSA) is 57.6 Å². The van der Waals surface area contributed by atoms with Gasteiger partial charge in [0.05, 0.1) is 4.88 Å². The number of fused-ring (bicyclic) bond motifs is 2. The van der Waals surface area contributed by atoms with Gasteiger partial charge < -0.3 is 10.0 Å². The predicted octanol–water partition coefficient (Wildman–Crippen LogP) is 2.20. The van der Waals surface area contributed by atoms with Gasteiger partial charge in [0.25, 0.3) is 5.91 Å². The first-order chi connectivity index (χ1) is 9.09. The van der Waals surface area contributed by atoms with Crippen molar-refractivity contribution in [1.82, 2.24) is 4.90 Å². The second-order valence-electron chi connectivity index (χ2n) is 6.00. The maximum Gasteiger partial charge on any atom is 0.323 e. The van der Waals surface area contributed by atoms with Crippen LogP contribution in [0.1, 0.15) is 51.7 Å². The van der Waals surface area contributed by atoms with E-state index in [1.165, 1.54) is 28.2 Å². The molecule has 100 valence electrons. The van der Waals surface area contributed by atoms with Crippen molar-refractivity contribution in [3.8, 4) is 0 Å². The number of thiophene rings is 1. The molecule has 4 nitrogen and oxygen atoms in total. The minimum absolute atomic E-state index is 0.0770. The van der Waals surface area contributed by atoms with E-state index in [-0.39, 0.29) is 17.9 Å². The van der Waals surface area contributed by atoms with Crippen molar-refractivity contribution in [3.63, 3.8) is 0 Å². The lowest BCUT2D eigenvalue weighted by Crippen LogP contribution is -2.44. The second-order valence-corrected chi connectivity index (χ2v) is 7.08. The Morgan fingerprint density at radius 1 is 1.47 bits per heavy atom. The van der Waals surface area contributed by atoms with Crippen LogP contribution in [-0.4, -0.2) is 35.0 Å². The summed E-state index contributed by atoms with van der Waals surface area (Å²) in [5.74, 6) is -0.342. The molecule has 2 aliphatic carbocycles. The average molecular weight is 277 g/mol. The van der Waals surface area contributed by atoms with Crippen LogP contribution in [0.3, 0.4) is 0 Å². The Labute approximate surface area is 115 Å². The fourth-order valence-electron chi connectivity index (χ4n) is 3.07. The lowest BCUT2D eigenvalue weighted by Gasteiger charge is -2.31. The van der Waals surface area contributed by atoms with E-state index in [2.05, 4.69) is 6.07 Å². The van der Waals surface area contributed by atoms with Crippen molar-refractivity contribution in [2.45, 2.75) is 37.0 Å². The number of nitrogens with zero attached hydrogens (tertiary/aromatic N) is 1. The second kappa shape index (κ2) is 3.60. The molecule has 5 heteroatoms. The number of carbonyl (C=O) groups is 2. The number of hydrogen-bond donors (Lipinski definition) is 1. The Morgan fingerprint density at radius 2 is 2.21 bits per heavy atom. The van der Waals surface area contributed by atoms with Crippen LogP contribution in [-0.2, 0) is 10.2 Å². The van der Waals surface area contributed by atoms with E-state index in [1.807, 2.05) is 0 Å². The SMILES string of the molecule is O=C(O)CN1CC2(CC2)c2cc(C3CC3)sc2C1=O. The minimum Gasteiger partial charge on any atom is -0.480 e. The summed E-state index contributed by atoms with van der Waals surface area (Å²) in [5, 5.41) is 8.94. The quantitative estimate of drug-likeness (QED) is 0.921. The van der Waals surface area contributed by atoms with Gasteiger partial charge in [-0.05, 0) is 43.2 Å². The number of rotatable bonds is 3. The Morgan fingerprint density at radius 3 is 2.79 bits per heavy atom. The number of carbonyl (C=O) groups excluding carboxylic acids is 1. The summed E-state index contributed by atoms with van der Waals surface area (Å²) in [7, 11) is 0. The third-order valence-electron chi connectivity index (χ3n) is 4.46. The molecule has 0 atom stereocenters. The molecule has 0 bridgehead atoms. The van der Waals surface area contributed by atoms with E-state index < -0.39 is 5.97 Å². The molecular weight excluding hydrogens is 262 g/mol. The fourth-order valence-corrected chi connectivity index (χ4v) is 4.48. The van der Waals surface area contributed by atoms with Gasteiger partial charge in [0.2, 0.25) is 0 Å². The van der Waals surface area contributed by atoms with Crippen molar-refractivity contribution in [3.05, 3.63) is 21.4 Å². The van der Waals surface area contributed by atoms with E-state index in [4.69, 9.17) is 5.11 Å². The molecule has 1 aromatic rings. The molecule has 1 amide bonds. The van der Waals surface area contributed by atoms with E-state index in [0.29, 0.717) is 12.5 Å². The normalized spacial score (nSPS) is 23.6. The lowest BCUT2D eigenvalue weighted by molar-refractivity contribution is -0.137. The van der Waals surface area contributed by atoms with Gasteiger partial charge in [-0.2, -0.15) is 0 Å². The van der Waals surface area contributed by atoms with Crippen LogP contribution in [0.4, 0.5) is 0 Å². The summed E-state index contributed by atoms with van der Waals surface area (Å²) < 4.78 is 0. The van der Waals surface area contributed by atoms with Crippen LogP contribution in [0.15, 0.2) is 6.07 Å². The first-order valence-corrected chi connectivity index (χ1v) is 7.56. The molecule has 1 spiro atoms. The van der Waals surface area contributed by atoms with Crippen molar-refractivity contribution in [2.24, 2.45) is 0 Å². The van der Waals surface area contributed by atoms with Crippen LogP contribution in [0.2, 0.25) is 0 Å². The van der Waals surface area contributed by atoms with Crippen molar-refractivity contribution >= 4 is 23.2 Å². The van der Waals surface area contributed by atoms with Crippen LogP contribution < -0.4 is 0 Å². The van der Waals surface area contributed by atoms with E-state index >= 15 is 0 Å².